The largest absolute Gasteiger partial charge is 0.389 e. The molecule has 2 heterocycles. The fourth-order valence-electron chi connectivity index (χ4n) is 2.86. The third-order valence-corrected chi connectivity index (χ3v) is 4.33. The van der Waals surface area contributed by atoms with E-state index in [1.54, 1.807) is 6.92 Å². The van der Waals surface area contributed by atoms with Crippen molar-refractivity contribution in [3.05, 3.63) is 28.8 Å². The molecule has 0 aromatic heterocycles. The van der Waals surface area contributed by atoms with Crippen LogP contribution >= 0.6 is 11.6 Å². The Kier molecular flexibility index (Phi) is 3.48. The zero-order valence-electron chi connectivity index (χ0n) is 11.3. The van der Waals surface area contributed by atoms with Crippen LogP contribution in [0.5, 0.6) is 0 Å². The van der Waals surface area contributed by atoms with Gasteiger partial charge in [0.2, 0.25) is 0 Å². The number of fused-ring (bicyclic) bond motifs is 1. The molecule has 2 saturated heterocycles. The van der Waals surface area contributed by atoms with Gasteiger partial charge in [-0.1, -0.05) is 17.7 Å². The van der Waals surface area contributed by atoms with Crippen molar-refractivity contribution >= 4 is 23.3 Å². The summed E-state index contributed by atoms with van der Waals surface area (Å²) in [6.45, 7) is 4.69. The normalized spacial score (nSPS) is 23.6. The number of halogens is 1. The SMILES string of the molecule is C[C@@H](O)c1ccc(N2CCN3C(=O)NCC3C2)c(Cl)c1. The van der Waals surface area contributed by atoms with Gasteiger partial charge in [0.15, 0.2) is 0 Å². The third kappa shape index (κ3) is 2.31. The number of aliphatic hydroxyl groups excluding tert-OH is 1. The molecule has 2 fully saturated rings. The van der Waals surface area contributed by atoms with E-state index in [0.29, 0.717) is 18.1 Å². The lowest BCUT2D eigenvalue weighted by atomic mass is 10.1. The number of piperazine rings is 1. The average Bonchev–Trinajstić information content (AvgIpc) is 2.79. The molecule has 5 nitrogen and oxygen atoms in total. The Morgan fingerprint density at radius 1 is 1.45 bits per heavy atom. The van der Waals surface area contributed by atoms with Crippen LogP contribution in [0.2, 0.25) is 5.02 Å². The summed E-state index contributed by atoms with van der Waals surface area (Å²) in [4.78, 5) is 15.7. The van der Waals surface area contributed by atoms with Gasteiger partial charge < -0.3 is 20.2 Å². The van der Waals surface area contributed by atoms with Gasteiger partial charge in [-0.3, -0.25) is 0 Å². The van der Waals surface area contributed by atoms with Gasteiger partial charge in [-0.05, 0) is 24.6 Å². The molecule has 108 valence electrons. The number of hydrogen-bond acceptors (Lipinski definition) is 3. The smallest absolute Gasteiger partial charge is 0.317 e. The Balaban J connectivity index is 1.79. The van der Waals surface area contributed by atoms with Gasteiger partial charge in [0.1, 0.15) is 0 Å². The minimum absolute atomic E-state index is 0.0326. The molecule has 20 heavy (non-hydrogen) atoms. The van der Waals surface area contributed by atoms with Crippen LogP contribution < -0.4 is 10.2 Å². The number of urea groups is 1. The van der Waals surface area contributed by atoms with Gasteiger partial charge in [0.25, 0.3) is 0 Å². The minimum atomic E-state index is -0.518. The van der Waals surface area contributed by atoms with Crippen molar-refractivity contribution in [3.8, 4) is 0 Å². The van der Waals surface area contributed by atoms with Crippen molar-refractivity contribution in [2.75, 3.05) is 31.1 Å². The van der Waals surface area contributed by atoms with Gasteiger partial charge in [-0.25, -0.2) is 4.79 Å². The number of carbonyl (C=O) groups is 1. The Bertz CT molecular complexity index is 535. The van der Waals surface area contributed by atoms with Gasteiger partial charge >= 0.3 is 6.03 Å². The summed E-state index contributed by atoms with van der Waals surface area (Å²) < 4.78 is 0. The monoisotopic (exact) mass is 295 g/mol. The van der Waals surface area contributed by atoms with Crippen molar-refractivity contribution < 1.29 is 9.90 Å². The van der Waals surface area contributed by atoms with Crippen molar-refractivity contribution in [3.63, 3.8) is 0 Å². The summed E-state index contributed by atoms with van der Waals surface area (Å²) in [5.74, 6) is 0. The lowest BCUT2D eigenvalue weighted by molar-refractivity contribution is 0.197. The second-order valence-electron chi connectivity index (χ2n) is 5.37. The standard InChI is InChI=1S/C14H18ClN3O2/c1-9(19)10-2-3-13(12(15)6-10)17-4-5-18-11(8-17)7-16-14(18)20/h2-3,6,9,11,19H,4-5,7-8H2,1H3,(H,16,20)/t9-,11?/m1/s1. The van der Waals surface area contributed by atoms with E-state index in [1.165, 1.54) is 0 Å². The molecule has 0 aliphatic carbocycles. The molecule has 2 N–H and O–H groups in total. The fourth-order valence-corrected chi connectivity index (χ4v) is 3.17. The van der Waals surface area contributed by atoms with Crippen LogP contribution in [-0.4, -0.2) is 48.3 Å². The molecule has 3 rings (SSSR count). The third-order valence-electron chi connectivity index (χ3n) is 4.03. The lowest BCUT2D eigenvalue weighted by Crippen LogP contribution is -2.52. The Morgan fingerprint density at radius 2 is 2.25 bits per heavy atom. The Labute approximate surface area is 123 Å². The quantitative estimate of drug-likeness (QED) is 0.871. The van der Waals surface area contributed by atoms with Crippen LogP contribution in [0.15, 0.2) is 18.2 Å². The molecule has 0 bridgehead atoms. The Hall–Kier alpha value is -1.46. The summed E-state index contributed by atoms with van der Waals surface area (Å²) in [6.07, 6.45) is -0.518. The van der Waals surface area contributed by atoms with Crippen LogP contribution in [0.1, 0.15) is 18.6 Å². The summed E-state index contributed by atoms with van der Waals surface area (Å²) in [7, 11) is 0. The number of benzene rings is 1. The van der Waals surface area contributed by atoms with E-state index in [-0.39, 0.29) is 12.1 Å². The van der Waals surface area contributed by atoms with E-state index in [2.05, 4.69) is 10.2 Å². The maximum atomic E-state index is 11.6. The summed E-state index contributed by atoms with van der Waals surface area (Å²) in [5, 5.41) is 13.1. The van der Waals surface area contributed by atoms with E-state index < -0.39 is 6.10 Å². The van der Waals surface area contributed by atoms with Gasteiger partial charge in [0, 0.05) is 26.2 Å². The molecule has 1 aromatic carbocycles. The highest BCUT2D eigenvalue weighted by molar-refractivity contribution is 6.33. The molecular formula is C14H18ClN3O2. The zero-order chi connectivity index (χ0) is 14.3. The van der Waals surface area contributed by atoms with Gasteiger partial charge in [0.05, 0.1) is 22.9 Å². The van der Waals surface area contributed by atoms with Crippen LogP contribution in [0.4, 0.5) is 10.5 Å². The second-order valence-corrected chi connectivity index (χ2v) is 5.77. The van der Waals surface area contributed by atoms with Crippen molar-refractivity contribution in [1.82, 2.24) is 10.2 Å². The molecule has 2 amide bonds. The lowest BCUT2D eigenvalue weighted by Gasteiger charge is -2.38. The molecule has 0 radical (unpaired) electrons. The second kappa shape index (κ2) is 5.14. The van der Waals surface area contributed by atoms with Gasteiger partial charge in [-0.2, -0.15) is 0 Å². The number of hydrogen-bond donors (Lipinski definition) is 2. The number of nitrogens with one attached hydrogen (secondary N) is 1. The molecular weight excluding hydrogens is 278 g/mol. The van der Waals surface area contributed by atoms with Crippen molar-refractivity contribution in [2.45, 2.75) is 19.1 Å². The number of aliphatic hydroxyl groups is 1. The fraction of sp³-hybridized carbons (Fsp3) is 0.500. The molecule has 6 heteroatoms. The first kappa shape index (κ1) is 13.5. The van der Waals surface area contributed by atoms with Crippen LogP contribution in [-0.2, 0) is 0 Å². The predicted molar refractivity (Wildman–Crippen MR) is 78.2 cm³/mol. The van der Waals surface area contributed by atoms with E-state index in [1.807, 2.05) is 23.1 Å². The molecule has 2 atom stereocenters. The highest BCUT2D eigenvalue weighted by Crippen LogP contribution is 2.31. The molecule has 1 aromatic rings. The Morgan fingerprint density at radius 3 is 2.95 bits per heavy atom. The number of carbonyl (C=O) groups excluding carboxylic acids is 1. The summed E-state index contributed by atoms with van der Waals surface area (Å²) >= 11 is 6.33. The molecule has 2 aliphatic rings. The first-order valence-corrected chi connectivity index (χ1v) is 7.21. The number of nitrogens with zero attached hydrogens (tertiary/aromatic N) is 2. The maximum Gasteiger partial charge on any atom is 0.317 e. The van der Waals surface area contributed by atoms with Crippen LogP contribution in [0.3, 0.4) is 0 Å². The van der Waals surface area contributed by atoms with Crippen LogP contribution in [0.25, 0.3) is 0 Å². The number of anilines is 1. The number of rotatable bonds is 2. The molecule has 0 saturated carbocycles. The molecule has 1 unspecified atom stereocenters. The van der Waals surface area contributed by atoms with Gasteiger partial charge in [-0.15, -0.1) is 0 Å². The van der Waals surface area contributed by atoms with Crippen molar-refractivity contribution in [2.24, 2.45) is 0 Å². The minimum Gasteiger partial charge on any atom is -0.389 e. The summed E-state index contributed by atoms with van der Waals surface area (Å²) in [6, 6.07) is 5.90. The summed E-state index contributed by atoms with van der Waals surface area (Å²) in [5.41, 5.74) is 1.78. The maximum absolute atomic E-state index is 11.6. The van der Waals surface area contributed by atoms with Crippen LogP contribution in [0, 0.1) is 0 Å². The average molecular weight is 296 g/mol. The zero-order valence-corrected chi connectivity index (χ0v) is 12.1. The number of amides is 2. The van der Waals surface area contributed by atoms with Crippen molar-refractivity contribution in [1.29, 1.82) is 0 Å². The highest BCUT2D eigenvalue weighted by atomic mass is 35.5. The topological polar surface area (TPSA) is 55.8 Å². The predicted octanol–water partition coefficient (Wildman–Crippen LogP) is 1.61. The highest BCUT2D eigenvalue weighted by Gasteiger charge is 2.35. The van der Waals surface area contributed by atoms with E-state index >= 15 is 0 Å². The molecule has 2 aliphatic heterocycles. The first-order chi connectivity index (χ1) is 9.56. The first-order valence-electron chi connectivity index (χ1n) is 6.83. The molecule has 0 spiro atoms. The van der Waals surface area contributed by atoms with E-state index in [0.717, 1.165) is 24.3 Å². The van der Waals surface area contributed by atoms with E-state index in [4.69, 9.17) is 11.6 Å². The van der Waals surface area contributed by atoms with E-state index in [9.17, 15) is 9.90 Å².